The molecule has 6 rings (SSSR count). The van der Waals surface area contributed by atoms with Gasteiger partial charge in [0.1, 0.15) is 11.5 Å². The predicted octanol–water partition coefficient (Wildman–Crippen LogP) is 8.50. The Balaban J connectivity index is 1.63. The van der Waals surface area contributed by atoms with Crippen molar-refractivity contribution in [3.8, 4) is 39.3 Å². The van der Waals surface area contributed by atoms with E-state index in [1.54, 1.807) is 39.0 Å². The van der Waals surface area contributed by atoms with E-state index in [1.807, 2.05) is 54.9 Å². The molecule has 1 N–H and O–H groups in total. The number of ether oxygens (including phenoxy) is 2. The molecule has 0 amide bonds. The second kappa shape index (κ2) is 11.2. The van der Waals surface area contributed by atoms with Gasteiger partial charge in [-0.3, -0.25) is 0 Å². The van der Waals surface area contributed by atoms with Crippen LogP contribution in [0.3, 0.4) is 0 Å². The zero-order valence-electron chi connectivity index (χ0n) is 25.4. The lowest BCUT2D eigenvalue weighted by atomic mass is 9.87. The molecule has 44 heavy (non-hydrogen) atoms. The molecule has 0 spiro atoms. The first-order chi connectivity index (χ1) is 20.9. The van der Waals surface area contributed by atoms with Crippen LogP contribution in [0.4, 0.5) is 8.78 Å². The molecule has 2 aromatic heterocycles. The van der Waals surface area contributed by atoms with Crippen molar-refractivity contribution >= 4 is 11.6 Å². The Morgan fingerprint density at radius 3 is 2.48 bits per heavy atom. The number of pyridine rings is 1. The van der Waals surface area contributed by atoms with Gasteiger partial charge >= 0.3 is 5.97 Å². The van der Waals surface area contributed by atoms with Gasteiger partial charge in [-0.1, -0.05) is 36.4 Å². The maximum atomic E-state index is 15.6. The molecule has 0 radical (unpaired) electrons. The molecule has 0 saturated carbocycles. The summed E-state index contributed by atoms with van der Waals surface area (Å²) in [6.45, 7) is 9.58. The minimum absolute atomic E-state index is 0.248. The van der Waals surface area contributed by atoms with Crippen LogP contribution < -0.4 is 4.74 Å². The lowest BCUT2D eigenvalue weighted by Gasteiger charge is -2.29. The lowest BCUT2D eigenvalue weighted by Crippen LogP contribution is -2.28. The van der Waals surface area contributed by atoms with Crippen molar-refractivity contribution in [1.29, 1.82) is 0 Å². The molecule has 1 unspecified atom stereocenters. The number of rotatable bonds is 6. The number of aryl methyl sites for hydroxylation is 1. The average molecular weight is 597 g/mol. The highest BCUT2D eigenvalue weighted by molar-refractivity contribution is 5.90. The number of halogens is 2. The van der Waals surface area contributed by atoms with E-state index in [2.05, 4.69) is 0 Å². The highest BCUT2D eigenvalue weighted by Gasteiger charge is 2.34. The number of hydrogen-bond acceptors (Lipinski definition) is 4. The zero-order chi connectivity index (χ0) is 31.3. The summed E-state index contributed by atoms with van der Waals surface area (Å²) < 4.78 is 43.9. The van der Waals surface area contributed by atoms with E-state index in [1.165, 1.54) is 12.1 Å². The summed E-state index contributed by atoms with van der Waals surface area (Å²) in [5.41, 5.74) is 5.88. The highest BCUT2D eigenvalue weighted by Crippen LogP contribution is 2.44. The number of carboxylic acid groups (broad SMARTS) is 1. The van der Waals surface area contributed by atoms with Crippen LogP contribution in [-0.4, -0.2) is 32.7 Å². The largest absolute Gasteiger partial charge is 0.490 e. The van der Waals surface area contributed by atoms with Gasteiger partial charge in [0.2, 0.25) is 0 Å². The molecule has 3 aromatic carbocycles. The van der Waals surface area contributed by atoms with E-state index in [0.29, 0.717) is 57.7 Å². The zero-order valence-corrected chi connectivity index (χ0v) is 25.4. The molecule has 0 fully saturated rings. The Morgan fingerprint density at radius 1 is 1.00 bits per heavy atom. The van der Waals surface area contributed by atoms with Gasteiger partial charge in [0.25, 0.3) is 0 Å². The Kier molecular flexibility index (Phi) is 7.49. The van der Waals surface area contributed by atoms with E-state index in [9.17, 15) is 14.3 Å². The number of aromatic nitrogens is 2. The van der Waals surface area contributed by atoms with E-state index >= 15 is 4.39 Å². The monoisotopic (exact) mass is 596 g/mol. The van der Waals surface area contributed by atoms with E-state index in [4.69, 9.17) is 14.5 Å². The smallest absolute Gasteiger partial charge is 0.337 e. The van der Waals surface area contributed by atoms with Crippen LogP contribution in [0.5, 0.6) is 5.75 Å². The van der Waals surface area contributed by atoms with Crippen molar-refractivity contribution in [2.24, 2.45) is 0 Å². The third-order valence-electron chi connectivity index (χ3n) is 7.99. The normalized spacial score (nSPS) is 13.9. The van der Waals surface area contributed by atoms with Crippen molar-refractivity contribution < 1.29 is 28.2 Å². The Labute approximate surface area is 254 Å². The number of carboxylic acids is 1. The van der Waals surface area contributed by atoms with Crippen molar-refractivity contribution in [3.63, 3.8) is 0 Å². The SMILES string of the molecule is Cc1cn2cc(-c3cccc(-c4ccccc4F)c3)nc2c(-c2cc(F)c3c(c2C)CCCO3)c1C(OC(C)(C)C)C(=O)O. The molecule has 3 heterocycles. The first kappa shape index (κ1) is 29.5. The third-order valence-corrected chi connectivity index (χ3v) is 7.99. The Bertz CT molecular complexity index is 1920. The number of hydrogen-bond donors (Lipinski definition) is 1. The third kappa shape index (κ3) is 5.35. The van der Waals surface area contributed by atoms with Gasteiger partial charge in [0, 0.05) is 40.2 Å². The van der Waals surface area contributed by atoms with Gasteiger partial charge in [-0.15, -0.1) is 0 Å². The fraction of sp³-hybridized carbons (Fsp3) is 0.278. The minimum atomic E-state index is -1.34. The number of benzene rings is 3. The molecule has 1 aliphatic heterocycles. The van der Waals surface area contributed by atoms with E-state index < -0.39 is 23.5 Å². The Morgan fingerprint density at radius 2 is 1.75 bits per heavy atom. The van der Waals surface area contributed by atoms with Crippen molar-refractivity contribution in [1.82, 2.24) is 9.38 Å². The van der Waals surface area contributed by atoms with Crippen LogP contribution in [0.15, 0.2) is 67.0 Å². The molecule has 5 aromatic rings. The summed E-state index contributed by atoms with van der Waals surface area (Å²) in [5.74, 6) is -1.73. The van der Waals surface area contributed by atoms with Gasteiger partial charge in [0.05, 0.1) is 17.9 Å². The summed E-state index contributed by atoms with van der Waals surface area (Å²) in [5, 5.41) is 10.4. The number of carbonyl (C=O) groups is 1. The second-order valence-electron chi connectivity index (χ2n) is 12.3. The first-order valence-corrected chi connectivity index (χ1v) is 14.7. The molecule has 6 nitrogen and oxygen atoms in total. The van der Waals surface area contributed by atoms with Crippen molar-refractivity contribution in [3.05, 3.63) is 101 Å². The minimum Gasteiger partial charge on any atom is -0.490 e. The fourth-order valence-electron chi connectivity index (χ4n) is 6.06. The Hall–Kier alpha value is -4.56. The van der Waals surface area contributed by atoms with Crippen LogP contribution in [-0.2, 0) is 16.0 Å². The van der Waals surface area contributed by atoms with Gasteiger partial charge in [-0.05, 0) is 87.9 Å². The summed E-state index contributed by atoms with van der Waals surface area (Å²) >= 11 is 0. The maximum absolute atomic E-state index is 15.6. The van der Waals surface area contributed by atoms with Crippen LogP contribution in [0.1, 0.15) is 55.5 Å². The molecule has 1 atom stereocenters. The molecule has 0 aliphatic carbocycles. The van der Waals surface area contributed by atoms with Crippen molar-refractivity contribution in [2.45, 2.75) is 59.2 Å². The van der Waals surface area contributed by atoms with Gasteiger partial charge < -0.3 is 19.0 Å². The summed E-state index contributed by atoms with van der Waals surface area (Å²) in [6, 6.07) is 15.5. The summed E-state index contributed by atoms with van der Waals surface area (Å²) in [4.78, 5) is 17.8. The van der Waals surface area contributed by atoms with Crippen LogP contribution in [0.25, 0.3) is 39.2 Å². The van der Waals surface area contributed by atoms with Crippen LogP contribution in [0.2, 0.25) is 0 Å². The fourth-order valence-corrected chi connectivity index (χ4v) is 6.06. The lowest BCUT2D eigenvalue weighted by molar-refractivity contribution is -0.160. The standard InChI is InChI=1S/C36H34F2N2O4/c1-20-18-40-19-29(23-11-8-10-22(16-23)25-12-6-7-14-27(25)37)39-34(40)31(30(20)33(35(41)42)44-36(3,4)5)26-17-28(38)32-24(21(26)2)13-9-15-43-32/h6-8,10-12,14,16-19,33H,9,13,15H2,1-5H3,(H,41,42). The molecular weight excluding hydrogens is 562 g/mol. The molecule has 226 valence electrons. The number of fused-ring (bicyclic) bond motifs is 2. The summed E-state index contributed by atoms with van der Waals surface area (Å²) in [6.07, 6.45) is 3.73. The predicted molar refractivity (Wildman–Crippen MR) is 166 cm³/mol. The number of nitrogens with zero attached hydrogens (tertiary/aromatic N) is 2. The van der Waals surface area contributed by atoms with Crippen molar-refractivity contribution in [2.75, 3.05) is 6.61 Å². The topological polar surface area (TPSA) is 73.1 Å². The molecule has 0 bridgehead atoms. The van der Waals surface area contributed by atoms with E-state index in [0.717, 1.165) is 23.1 Å². The van der Waals surface area contributed by atoms with Gasteiger partial charge in [-0.2, -0.15) is 0 Å². The molecule has 1 aliphatic rings. The van der Waals surface area contributed by atoms with Gasteiger partial charge in [-0.25, -0.2) is 18.6 Å². The summed E-state index contributed by atoms with van der Waals surface area (Å²) in [7, 11) is 0. The average Bonchev–Trinajstić information content (AvgIpc) is 3.41. The number of imidazole rings is 1. The molecule has 8 heteroatoms. The second-order valence-corrected chi connectivity index (χ2v) is 12.3. The van der Waals surface area contributed by atoms with Crippen LogP contribution >= 0.6 is 0 Å². The maximum Gasteiger partial charge on any atom is 0.337 e. The van der Waals surface area contributed by atoms with Gasteiger partial charge in [0.15, 0.2) is 17.7 Å². The number of aliphatic carboxylic acids is 1. The highest BCUT2D eigenvalue weighted by atomic mass is 19.1. The van der Waals surface area contributed by atoms with E-state index in [-0.39, 0.29) is 11.6 Å². The quantitative estimate of drug-likeness (QED) is 0.213. The molecule has 0 saturated heterocycles. The van der Waals surface area contributed by atoms with Crippen LogP contribution in [0, 0.1) is 25.5 Å². The first-order valence-electron chi connectivity index (χ1n) is 14.7. The molecular formula is C36H34F2N2O4.